The summed E-state index contributed by atoms with van der Waals surface area (Å²) in [7, 11) is 0. The number of hydrogen-bond donors (Lipinski definition) is 1. The van der Waals surface area contributed by atoms with Crippen molar-refractivity contribution < 1.29 is 14.6 Å². The fourth-order valence-corrected chi connectivity index (χ4v) is 3.80. The average molecular weight is 447 g/mol. The first-order valence-corrected chi connectivity index (χ1v) is 13.0. The molecule has 0 aliphatic carbocycles. The zero-order valence-corrected chi connectivity index (χ0v) is 20.4. The third kappa shape index (κ3) is 16.1. The van der Waals surface area contributed by atoms with E-state index < -0.39 is 6.10 Å². The number of aliphatic hydroxyl groups is 1. The highest BCUT2D eigenvalue weighted by molar-refractivity contribution is 5.26. The molecular weight excluding hydrogens is 400 g/mol. The first-order chi connectivity index (χ1) is 15.8. The van der Waals surface area contributed by atoms with E-state index in [1.165, 1.54) is 103 Å². The molecule has 0 aliphatic rings. The van der Waals surface area contributed by atoms with Crippen molar-refractivity contribution >= 4 is 0 Å². The molecule has 0 fully saturated rings. The van der Waals surface area contributed by atoms with Gasteiger partial charge >= 0.3 is 0 Å². The normalized spacial score (nSPS) is 11.9. The second-order valence-electron chi connectivity index (χ2n) is 8.79. The molecule has 0 unspecified atom stereocenters. The summed E-state index contributed by atoms with van der Waals surface area (Å²) in [5.41, 5.74) is 0.345. The van der Waals surface area contributed by atoms with Crippen LogP contribution in [0.1, 0.15) is 115 Å². The lowest BCUT2D eigenvalue weighted by Crippen LogP contribution is -2.27. The van der Waals surface area contributed by atoms with Gasteiger partial charge in [-0.15, -0.1) is 0 Å². The molecule has 0 bridgehead atoms. The van der Waals surface area contributed by atoms with Gasteiger partial charge in [-0.3, -0.25) is 0 Å². The molecule has 0 amide bonds. The number of nitrogens with zero attached hydrogens (tertiary/aromatic N) is 2. The zero-order chi connectivity index (χ0) is 23.1. The van der Waals surface area contributed by atoms with Gasteiger partial charge in [-0.05, 0) is 18.6 Å². The van der Waals surface area contributed by atoms with E-state index in [2.05, 4.69) is 11.9 Å². The fourth-order valence-electron chi connectivity index (χ4n) is 3.80. The Morgan fingerprint density at radius 2 is 1.38 bits per heavy atom. The predicted octanol–water partition coefficient (Wildman–Crippen LogP) is 6.97. The van der Waals surface area contributed by atoms with Crippen LogP contribution in [0.2, 0.25) is 0 Å². The molecule has 0 saturated carbocycles. The van der Waals surface area contributed by atoms with Gasteiger partial charge in [-0.1, -0.05) is 103 Å². The maximum Gasteiger partial charge on any atom is 0.145 e. The summed E-state index contributed by atoms with van der Waals surface area (Å²) in [6.45, 7) is 3.22. The molecule has 0 saturated heterocycles. The Hall–Kier alpha value is -1.64. The molecule has 1 N–H and O–H groups in total. The number of rotatable bonds is 22. The number of aliphatic hydroxyl groups excluding tert-OH is 1. The molecule has 5 nitrogen and oxygen atoms in total. The molecule has 1 aromatic rings. The number of nitriles is 1. The lowest BCUT2D eigenvalue weighted by Gasteiger charge is -2.16. The van der Waals surface area contributed by atoms with Crippen LogP contribution < -0.4 is 4.74 Å². The minimum atomic E-state index is -0.411. The molecule has 0 radical (unpaired) electrons. The van der Waals surface area contributed by atoms with Crippen molar-refractivity contribution in [2.75, 3.05) is 19.8 Å². The van der Waals surface area contributed by atoms with Crippen LogP contribution in [0, 0.1) is 11.3 Å². The summed E-state index contributed by atoms with van der Waals surface area (Å²) < 4.78 is 11.3. The Morgan fingerprint density at radius 3 is 1.81 bits per heavy atom. The largest absolute Gasteiger partial charge is 0.484 e. The minimum Gasteiger partial charge on any atom is -0.484 e. The zero-order valence-electron chi connectivity index (χ0n) is 20.4. The van der Waals surface area contributed by atoms with Crippen LogP contribution in [-0.2, 0) is 4.74 Å². The topological polar surface area (TPSA) is 75.4 Å². The second-order valence-corrected chi connectivity index (χ2v) is 8.79. The van der Waals surface area contributed by atoms with Gasteiger partial charge in [0.25, 0.3) is 0 Å². The third-order valence-corrected chi connectivity index (χ3v) is 5.80. The lowest BCUT2D eigenvalue weighted by molar-refractivity contribution is 0.0187. The van der Waals surface area contributed by atoms with Gasteiger partial charge in [0.2, 0.25) is 0 Å². The van der Waals surface area contributed by atoms with Crippen LogP contribution in [0.4, 0.5) is 0 Å². The van der Waals surface area contributed by atoms with Crippen LogP contribution in [0.5, 0.6) is 5.75 Å². The van der Waals surface area contributed by atoms with E-state index >= 15 is 0 Å². The van der Waals surface area contributed by atoms with Gasteiger partial charge in [0, 0.05) is 6.61 Å². The van der Waals surface area contributed by atoms with Crippen molar-refractivity contribution in [3.63, 3.8) is 0 Å². The molecule has 1 aromatic heterocycles. The number of hydrogen-bond acceptors (Lipinski definition) is 5. The van der Waals surface area contributed by atoms with Gasteiger partial charge in [0.05, 0.1) is 19.4 Å². The summed E-state index contributed by atoms with van der Waals surface area (Å²) in [6.07, 6.45) is 22.8. The minimum absolute atomic E-state index is 0.112. The second kappa shape index (κ2) is 21.2. The summed E-state index contributed by atoms with van der Waals surface area (Å²) in [5.74, 6) is 0.536. The van der Waals surface area contributed by atoms with Crippen molar-refractivity contribution in [1.82, 2.24) is 4.98 Å². The Bertz CT molecular complexity index is 571. The van der Waals surface area contributed by atoms with Gasteiger partial charge < -0.3 is 14.6 Å². The predicted molar refractivity (Wildman–Crippen MR) is 131 cm³/mol. The highest BCUT2D eigenvalue weighted by Crippen LogP contribution is 2.14. The Labute approximate surface area is 196 Å². The first kappa shape index (κ1) is 28.4. The van der Waals surface area contributed by atoms with E-state index in [1.807, 2.05) is 6.07 Å². The molecule has 0 spiro atoms. The molecule has 1 atom stereocenters. The molecular formula is C27H46N2O3. The first-order valence-electron chi connectivity index (χ1n) is 13.0. The molecule has 0 aliphatic heterocycles. The van der Waals surface area contributed by atoms with Gasteiger partial charge in [-0.2, -0.15) is 5.26 Å². The Balaban J connectivity index is 1.84. The van der Waals surface area contributed by atoms with Crippen LogP contribution in [-0.4, -0.2) is 36.0 Å². The Kier molecular flexibility index (Phi) is 18.8. The fraction of sp³-hybridized carbons (Fsp3) is 0.778. The van der Waals surface area contributed by atoms with Crippen LogP contribution in [0.25, 0.3) is 0 Å². The highest BCUT2D eigenvalue weighted by Gasteiger charge is 2.10. The summed E-state index contributed by atoms with van der Waals surface area (Å²) in [5, 5.41) is 18.2. The highest BCUT2D eigenvalue weighted by atomic mass is 16.5. The average Bonchev–Trinajstić information content (AvgIpc) is 2.83. The van der Waals surface area contributed by atoms with E-state index in [9.17, 15) is 5.11 Å². The number of ether oxygens (including phenoxy) is 2. The third-order valence-electron chi connectivity index (χ3n) is 5.80. The van der Waals surface area contributed by atoms with Crippen LogP contribution in [0.15, 0.2) is 18.3 Å². The maximum absolute atomic E-state index is 9.45. The quantitative estimate of drug-likeness (QED) is 0.195. The van der Waals surface area contributed by atoms with Gasteiger partial charge in [0.1, 0.15) is 23.6 Å². The van der Waals surface area contributed by atoms with Crippen molar-refractivity contribution in [3.05, 3.63) is 24.0 Å². The van der Waals surface area contributed by atoms with Gasteiger partial charge in [-0.25, -0.2) is 4.98 Å². The van der Waals surface area contributed by atoms with E-state index in [1.54, 1.807) is 12.1 Å². The van der Waals surface area contributed by atoms with Crippen molar-refractivity contribution in [2.45, 2.75) is 116 Å². The Morgan fingerprint density at radius 1 is 0.844 bits per heavy atom. The number of pyridine rings is 1. The molecule has 0 aromatic carbocycles. The van der Waals surface area contributed by atoms with Crippen molar-refractivity contribution in [3.8, 4) is 11.8 Å². The smallest absolute Gasteiger partial charge is 0.145 e. The molecule has 182 valence electrons. The van der Waals surface area contributed by atoms with E-state index in [0.29, 0.717) is 24.7 Å². The molecule has 32 heavy (non-hydrogen) atoms. The summed E-state index contributed by atoms with van der Waals surface area (Å²) in [4.78, 5) is 3.96. The lowest BCUT2D eigenvalue weighted by atomic mass is 10.0. The van der Waals surface area contributed by atoms with Crippen molar-refractivity contribution in [2.24, 2.45) is 0 Å². The molecule has 1 rings (SSSR count). The van der Waals surface area contributed by atoms with E-state index in [4.69, 9.17) is 14.7 Å². The van der Waals surface area contributed by atoms with Crippen molar-refractivity contribution in [1.29, 1.82) is 5.26 Å². The van der Waals surface area contributed by atoms with Crippen LogP contribution in [0.3, 0.4) is 0 Å². The van der Waals surface area contributed by atoms with E-state index in [-0.39, 0.29) is 6.61 Å². The molecule has 1 heterocycles. The summed E-state index contributed by atoms with van der Waals surface area (Å²) in [6, 6.07) is 5.25. The molecule has 5 heteroatoms. The standard InChI is InChI=1S/C27H46N2O3/c1-2-3-4-5-6-7-8-9-10-11-12-13-14-15-16-17-20-31-24-27(23-30)32-26-19-18-25(21-28)29-22-26/h18-19,22,27,30H,2-17,20,23-24H2,1H3/t27-/m0/s1. The van der Waals surface area contributed by atoms with Crippen LogP contribution >= 0.6 is 0 Å². The number of unbranched alkanes of at least 4 members (excludes halogenated alkanes) is 15. The monoisotopic (exact) mass is 446 g/mol. The maximum atomic E-state index is 9.45. The number of aromatic nitrogens is 1. The van der Waals surface area contributed by atoms with Gasteiger partial charge in [0.15, 0.2) is 0 Å². The summed E-state index contributed by atoms with van der Waals surface area (Å²) >= 11 is 0. The van der Waals surface area contributed by atoms with E-state index in [0.717, 1.165) is 6.42 Å². The SMILES string of the molecule is CCCCCCCCCCCCCCCCCCOC[C@H](CO)Oc1ccc(C#N)nc1.